The molecule has 0 amide bonds. The van der Waals surface area contributed by atoms with Gasteiger partial charge in [-0.15, -0.1) is 0 Å². The summed E-state index contributed by atoms with van der Waals surface area (Å²) >= 11 is 5.35. The molecule has 12 heteroatoms. The average molecular weight is 507 g/mol. The fraction of sp³-hybridized carbons (Fsp3) is 0.174. The second-order valence-corrected chi connectivity index (χ2v) is 8.15. The molecule has 0 atom stereocenters. The first-order chi connectivity index (χ1) is 16.7. The van der Waals surface area contributed by atoms with Crippen LogP contribution in [0.1, 0.15) is 22.5 Å². The minimum atomic E-state index is -2.21. The highest BCUT2D eigenvalue weighted by atomic mass is 32.1. The van der Waals surface area contributed by atoms with Gasteiger partial charge in [0.15, 0.2) is 28.4 Å². The molecule has 182 valence electrons. The van der Waals surface area contributed by atoms with E-state index in [-0.39, 0.29) is 5.11 Å². The summed E-state index contributed by atoms with van der Waals surface area (Å²) in [6.07, 6.45) is 3.37. The van der Waals surface area contributed by atoms with Gasteiger partial charge < -0.3 is 10.6 Å². The molecule has 6 nitrogen and oxygen atoms in total. The Balaban J connectivity index is 1.47. The third-order valence-corrected chi connectivity index (χ3v) is 5.51. The summed E-state index contributed by atoms with van der Waals surface area (Å²) < 4.78 is 71.5. The lowest BCUT2D eigenvalue weighted by Crippen LogP contribution is -2.20. The molecule has 0 saturated carbocycles. The van der Waals surface area contributed by atoms with E-state index in [1.165, 1.54) is 0 Å². The molecule has 2 N–H and O–H groups in total. The zero-order valence-electron chi connectivity index (χ0n) is 18.5. The lowest BCUT2D eigenvalue weighted by Gasteiger charge is -2.11. The Morgan fingerprint density at radius 3 is 2.17 bits per heavy atom. The second kappa shape index (κ2) is 9.82. The zero-order valence-corrected chi connectivity index (χ0v) is 19.4. The van der Waals surface area contributed by atoms with Gasteiger partial charge in [-0.2, -0.15) is 10.2 Å². The van der Waals surface area contributed by atoms with Gasteiger partial charge in [-0.3, -0.25) is 9.36 Å². The number of anilines is 2. The van der Waals surface area contributed by atoms with Crippen molar-refractivity contribution in [3.63, 3.8) is 0 Å². The number of nitrogens with zero attached hydrogens (tertiary/aromatic N) is 4. The van der Waals surface area contributed by atoms with Crippen LogP contribution in [0.25, 0.3) is 0 Å². The fourth-order valence-corrected chi connectivity index (χ4v) is 3.75. The van der Waals surface area contributed by atoms with Crippen molar-refractivity contribution in [1.29, 1.82) is 0 Å². The van der Waals surface area contributed by atoms with Gasteiger partial charge in [-0.05, 0) is 31.6 Å². The highest BCUT2D eigenvalue weighted by molar-refractivity contribution is 7.80. The first kappa shape index (κ1) is 24.3. The lowest BCUT2D eigenvalue weighted by molar-refractivity contribution is 0.366. The largest absolute Gasteiger partial charge is 0.330 e. The van der Waals surface area contributed by atoms with E-state index in [0.29, 0.717) is 29.3 Å². The summed E-state index contributed by atoms with van der Waals surface area (Å²) in [4.78, 5) is 0. The van der Waals surface area contributed by atoms with Crippen molar-refractivity contribution in [2.45, 2.75) is 26.9 Å². The lowest BCUT2D eigenvalue weighted by atomic mass is 10.1. The molecule has 35 heavy (non-hydrogen) atoms. The quantitative estimate of drug-likeness (QED) is 0.161. The Hall–Kier alpha value is -3.80. The van der Waals surface area contributed by atoms with E-state index in [9.17, 15) is 22.0 Å². The molecule has 0 bridgehead atoms. The van der Waals surface area contributed by atoms with Crippen molar-refractivity contribution in [2.24, 2.45) is 0 Å². The van der Waals surface area contributed by atoms with E-state index in [2.05, 4.69) is 20.8 Å². The van der Waals surface area contributed by atoms with E-state index < -0.39 is 41.2 Å². The molecular weight excluding hydrogens is 487 g/mol. The summed E-state index contributed by atoms with van der Waals surface area (Å²) in [6, 6.07) is 9.77. The molecule has 0 radical (unpaired) electrons. The van der Waals surface area contributed by atoms with Crippen molar-refractivity contribution in [3.05, 3.63) is 94.3 Å². The Kier molecular flexibility index (Phi) is 6.83. The number of hydrogen-bond donors (Lipinski definition) is 2. The third-order valence-electron chi connectivity index (χ3n) is 5.31. The summed E-state index contributed by atoms with van der Waals surface area (Å²) in [6.45, 7) is 3.11. The number of halogens is 5. The van der Waals surface area contributed by atoms with Crippen LogP contribution >= 0.6 is 12.2 Å². The molecule has 2 aromatic heterocycles. The van der Waals surface area contributed by atoms with Crippen LogP contribution in [-0.4, -0.2) is 24.7 Å². The highest BCUT2D eigenvalue weighted by Gasteiger charge is 2.26. The number of aromatic nitrogens is 4. The van der Waals surface area contributed by atoms with Crippen LogP contribution in [0, 0.1) is 42.9 Å². The summed E-state index contributed by atoms with van der Waals surface area (Å²) in [5.74, 6) is -10.0. The smallest absolute Gasteiger partial charge is 0.200 e. The molecule has 4 rings (SSSR count). The normalized spacial score (nSPS) is 11.1. The van der Waals surface area contributed by atoms with Gasteiger partial charge in [-0.25, -0.2) is 22.0 Å². The molecule has 0 aliphatic rings. The Morgan fingerprint density at radius 2 is 1.51 bits per heavy atom. The molecular formula is C23H19F5N6S. The Bertz CT molecular complexity index is 1370. The number of hydrogen-bond acceptors (Lipinski definition) is 3. The third kappa shape index (κ3) is 5.02. The molecule has 0 aliphatic carbocycles. The standard InChI is InChI=1S/C23H19F5N6S/c1-12-22(13(2)34(32-12)11-16-17(24)19(26)21(28)20(27)18(16)25)31-23(35)30-15-8-29-33(10-15)9-14-6-4-3-5-7-14/h3-8,10H,9,11H2,1-2H3,(H2,30,31,35). The topological polar surface area (TPSA) is 59.7 Å². The predicted molar refractivity (Wildman–Crippen MR) is 125 cm³/mol. The van der Waals surface area contributed by atoms with Gasteiger partial charge in [0, 0.05) is 6.20 Å². The van der Waals surface area contributed by atoms with Crippen molar-refractivity contribution < 1.29 is 22.0 Å². The highest BCUT2D eigenvalue weighted by Crippen LogP contribution is 2.26. The van der Waals surface area contributed by atoms with Crippen molar-refractivity contribution in [3.8, 4) is 0 Å². The number of aryl methyl sites for hydroxylation is 1. The molecule has 0 fully saturated rings. The average Bonchev–Trinajstić information content (AvgIpc) is 3.38. The summed E-state index contributed by atoms with van der Waals surface area (Å²) in [7, 11) is 0. The summed E-state index contributed by atoms with van der Waals surface area (Å²) in [5.41, 5.74) is 1.96. The van der Waals surface area contributed by atoms with E-state index in [0.717, 1.165) is 10.2 Å². The molecule has 0 spiro atoms. The predicted octanol–water partition coefficient (Wildman–Crippen LogP) is 5.30. The molecule has 2 aromatic carbocycles. The minimum absolute atomic E-state index is 0.200. The van der Waals surface area contributed by atoms with Gasteiger partial charge in [0.1, 0.15) is 0 Å². The molecule has 2 heterocycles. The van der Waals surface area contributed by atoms with E-state index in [1.54, 1.807) is 30.9 Å². The van der Waals surface area contributed by atoms with Crippen LogP contribution in [0.4, 0.5) is 33.3 Å². The maximum Gasteiger partial charge on any atom is 0.200 e. The van der Waals surface area contributed by atoms with Crippen LogP contribution in [-0.2, 0) is 13.1 Å². The van der Waals surface area contributed by atoms with Crippen molar-refractivity contribution >= 4 is 28.7 Å². The molecule has 0 aliphatic heterocycles. The van der Waals surface area contributed by atoms with Gasteiger partial charge in [-0.1, -0.05) is 30.3 Å². The first-order valence-electron chi connectivity index (χ1n) is 10.3. The second-order valence-electron chi connectivity index (χ2n) is 7.74. The van der Waals surface area contributed by atoms with Crippen LogP contribution in [0.2, 0.25) is 0 Å². The Labute approximate surface area is 202 Å². The maximum absolute atomic E-state index is 14.1. The first-order valence-corrected chi connectivity index (χ1v) is 10.7. The maximum atomic E-state index is 14.1. The molecule has 0 saturated heterocycles. The van der Waals surface area contributed by atoms with Crippen molar-refractivity contribution in [1.82, 2.24) is 19.6 Å². The minimum Gasteiger partial charge on any atom is -0.330 e. The SMILES string of the molecule is Cc1nn(Cc2c(F)c(F)c(F)c(F)c2F)c(C)c1NC(=S)Nc1cnn(Cc2ccccc2)c1. The molecule has 4 aromatic rings. The van der Waals surface area contributed by atoms with Crippen LogP contribution < -0.4 is 10.6 Å². The monoisotopic (exact) mass is 506 g/mol. The van der Waals surface area contributed by atoms with Crippen LogP contribution in [0.15, 0.2) is 42.7 Å². The van der Waals surface area contributed by atoms with Crippen molar-refractivity contribution in [2.75, 3.05) is 10.6 Å². The van der Waals surface area contributed by atoms with Gasteiger partial charge in [0.25, 0.3) is 0 Å². The van der Waals surface area contributed by atoms with Gasteiger partial charge in [0.2, 0.25) is 5.82 Å². The number of nitrogens with one attached hydrogen (secondary N) is 2. The Morgan fingerprint density at radius 1 is 0.886 bits per heavy atom. The van der Waals surface area contributed by atoms with E-state index >= 15 is 0 Å². The number of thiocarbonyl (C=S) groups is 1. The van der Waals surface area contributed by atoms with Crippen LogP contribution in [0.5, 0.6) is 0 Å². The van der Waals surface area contributed by atoms with Gasteiger partial charge in [0.05, 0.1) is 47.6 Å². The van der Waals surface area contributed by atoms with E-state index in [1.807, 2.05) is 30.3 Å². The van der Waals surface area contributed by atoms with Gasteiger partial charge >= 0.3 is 0 Å². The molecule has 0 unspecified atom stereocenters. The zero-order chi connectivity index (χ0) is 25.3. The van der Waals surface area contributed by atoms with E-state index in [4.69, 9.17) is 12.2 Å². The summed E-state index contributed by atoms with van der Waals surface area (Å²) in [5, 5.41) is 14.6. The van der Waals surface area contributed by atoms with Crippen LogP contribution in [0.3, 0.4) is 0 Å². The number of rotatable bonds is 6. The number of benzene rings is 2. The fourth-order valence-electron chi connectivity index (χ4n) is 3.53.